The summed E-state index contributed by atoms with van der Waals surface area (Å²) in [7, 11) is 1.45. The molecular formula is C22H19BrCl2N6O5. The Morgan fingerprint density at radius 3 is 2.81 bits per heavy atom. The van der Waals surface area contributed by atoms with Crippen LogP contribution in [0.1, 0.15) is 5.56 Å². The van der Waals surface area contributed by atoms with Crippen LogP contribution in [0.4, 0.5) is 5.95 Å². The monoisotopic (exact) mass is 596 g/mol. The molecule has 0 fully saturated rings. The van der Waals surface area contributed by atoms with Crippen molar-refractivity contribution in [2.45, 2.75) is 12.6 Å². The van der Waals surface area contributed by atoms with E-state index >= 15 is 0 Å². The van der Waals surface area contributed by atoms with Gasteiger partial charge in [0.15, 0.2) is 11.2 Å². The number of aliphatic hydroxyl groups is 1. The molecule has 0 aliphatic heterocycles. The van der Waals surface area contributed by atoms with Crippen LogP contribution in [0.25, 0.3) is 11.2 Å². The van der Waals surface area contributed by atoms with E-state index in [-0.39, 0.29) is 41.0 Å². The number of benzene rings is 2. The Kier molecular flexibility index (Phi) is 7.69. The number of hydrogen-bond donors (Lipinski definition) is 4. The number of aromatic amines is 1. The van der Waals surface area contributed by atoms with E-state index in [0.29, 0.717) is 16.3 Å². The first-order valence-corrected chi connectivity index (χ1v) is 11.9. The number of hydrazone groups is 1. The number of phenols is 1. The van der Waals surface area contributed by atoms with Gasteiger partial charge >= 0.3 is 5.69 Å². The third kappa shape index (κ3) is 5.57. The highest BCUT2D eigenvalue weighted by Crippen LogP contribution is 2.28. The summed E-state index contributed by atoms with van der Waals surface area (Å²) in [6.45, 7) is -0.303. The Bertz CT molecular complexity index is 1580. The van der Waals surface area contributed by atoms with Gasteiger partial charge in [-0.25, -0.2) is 10.2 Å². The average molecular weight is 598 g/mol. The summed E-state index contributed by atoms with van der Waals surface area (Å²) in [4.78, 5) is 31.2. The maximum atomic E-state index is 12.6. The number of aliphatic hydroxyl groups excluding tert-OH is 1. The van der Waals surface area contributed by atoms with Gasteiger partial charge in [0.05, 0.1) is 17.8 Å². The molecule has 0 amide bonds. The number of phenolic OH excluding ortho intramolecular Hbond substituents is 1. The number of H-pyrrole nitrogens is 1. The summed E-state index contributed by atoms with van der Waals surface area (Å²) in [6.07, 6.45) is 0.249. The summed E-state index contributed by atoms with van der Waals surface area (Å²) < 4.78 is 8.87. The summed E-state index contributed by atoms with van der Waals surface area (Å²) >= 11 is 15.3. The van der Waals surface area contributed by atoms with Crippen LogP contribution in [0, 0.1) is 0 Å². The minimum atomic E-state index is -1.11. The van der Waals surface area contributed by atoms with Crippen LogP contribution in [-0.4, -0.2) is 48.2 Å². The van der Waals surface area contributed by atoms with E-state index < -0.39 is 17.4 Å². The predicted octanol–water partition coefficient (Wildman–Crippen LogP) is 3.08. The summed E-state index contributed by atoms with van der Waals surface area (Å²) in [5.41, 5.74) is 1.92. The van der Waals surface area contributed by atoms with Crippen molar-refractivity contribution in [3.05, 3.63) is 77.3 Å². The molecule has 11 nitrogen and oxygen atoms in total. The number of ether oxygens (including phenoxy) is 1. The predicted molar refractivity (Wildman–Crippen MR) is 141 cm³/mol. The van der Waals surface area contributed by atoms with Crippen LogP contribution in [-0.2, 0) is 13.6 Å². The number of hydrogen-bond acceptors (Lipinski definition) is 8. The van der Waals surface area contributed by atoms with Gasteiger partial charge in [-0.05, 0) is 36.4 Å². The van der Waals surface area contributed by atoms with Crippen molar-refractivity contribution < 1.29 is 14.9 Å². The topological polar surface area (TPSA) is 147 Å². The molecular weight excluding hydrogens is 579 g/mol. The molecule has 4 rings (SSSR count). The SMILES string of the molecule is Cn1c(=O)[nH]c(=O)c2c1nc(N/N=C/c1cc(Br)ccc1O)n2C[C@@H](O)COc1ccc(Cl)cc1Cl. The molecule has 0 radical (unpaired) electrons. The fraction of sp³-hybridized carbons (Fsp3) is 0.182. The normalized spacial score (nSPS) is 12.4. The van der Waals surface area contributed by atoms with Crippen LogP contribution in [0.15, 0.2) is 55.6 Å². The highest BCUT2D eigenvalue weighted by atomic mass is 79.9. The molecule has 4 aromatic rings. The highest BCUT2D eigenvalue weighted by Gasteiger charge is 2.20. The second-order valence-corrected chi connectivity index (χ2v) is 9.41. The minimum Gasteiger partial charge on any atom is -0.507 e. The molecule has 0 aliphatic rings. The first-order valence-electron chi connectivity index (χ1n) is 10.4. The van der Waals surface area contributed by atoms with Gasteiger partial charge in [-0.3, -0.25) is 14.3 Å². The second-order valence-electron chi connectivity index (χ2n) is 7.65. The number of nitrogens with zero attached hydrogens (tertiary/aromatic N) is 4. The number of aryl methyl sites for hydroxylation is 1. The minimum absolute atomic E-state index is 0.00419. The largest absolute Gasteiger partial charge is 0.507 e. The van der Waals surface area contributed by atoms with Crippen molar-refractivity contribution in [3.8, 4) is 11.5 Å². The second kappa shape index (κ2) is 10.7. The smallest absolute Gasteiger partial charge is 0.329 e. The molecule has 0 spiro atoms. The molecule has 0 saturated heterocycles. The molecule has 2 aromatic heterocycles. The zero-order valence-electron chi connectivity index (χ0n) is 18.6. The molecule has 4 N–H and O–H groups in total. The molecule has 0 saturated carbocycles. The molecule has 2 heterocycles. The lowest BCUT2D eigenvalue weighted by molar-refractivity contribution is 0.0939. The fourth-order valence-electron chi connectivity index (χ4n) is 3.33. The van der Waals surface area contributed by atoms with Gasteiger partial charge in [0.25, 0.3) is 5.56 Å². The summed E-state index contributed by atoms with van der Waals surface area (Å²) in [6, 6.07) is 9.51. The third-order valence-corrected chi connectivity index (χ3v) is 6.11. The number of halogens is 3. The Balaban J connectivity index is 1.63. The molecule has 0 unspecified atom stereocenters. The highest BCUT2D eigenvalue weighted by molar-refractivity contribution is 9.10. The van der Waals surface area contributed by atoms with E-state index in [9.17, 15) is 19.8 Å². The van der Waals surface area contributed by atoms with Crippen molar-refractivity contribution in [2.75, 3.05) is 12.0 Å². The van der Waals surface area contributed by atoms with Crippen LogP contribution in [0.3, 0.4) is 0 Å². The molecule has 2 aromatic carbocycles. The number of imidazole rings is 1. The molecule has 36 heavy (non-hydrogen) atoms. The molecule has 188 valence electrons. The van der Waals surface area contributed by atoms with E-state index in [4.69, 9.17) is 27.9 Å². The number of aromatic hydroxyl groups is 1. The van der Waals surface area contributed by atoms with E-state index in [1.54, 1.807) is 24.3 Å². The molecule has 14 heteroatoms. The lowest BCUT2D eigenvalue weighted by atomic mass is 10.2. The van der Waals surface area contributed by atoms with Crippen LogP contribution < -0.4 is 21.4 Å². The summed E-state index contributed by atoms with van der Waals surface area (Å²) in [5, 5.41) is 25.5. The van der Waals surface area contributed by atoms with Gasteiger partial charge in [-0.15, -0.1) is 0 Å². The van der Waals surface area contributed by atoms with Crippen molar-refractivity contribution in [3.63, 3.8) is 0 Å². The van der Waals surface area contributed by atoms with E-state index in [1.807, 2.05) is 0 Å². The first kappa shape index (κ1) is 25.8. The van der Waals surface area contributed by atoms with Gasteiger partial charge < -0.3 is 19.5 Å². The Labute approximate surface area is 221 Å². The maximum absolute atomic E-state index is 12.6. The van der Waals surface area contributed by atoms with Gasteiger partial charge in [0, 0.05) is 22.1 Å². The third-order valence-electron chi connectivity index (χ3n) is 5.08. The number of aromatic nitrogens is 4. The average Bonchev–Trinajstić information content (AvgIpc) is 3.18. The van der Waals surface area contributed by atoms with Crippen molar-refractivity contribution in [1.82, 2.24) is 19.1 Å². The number of anilines is 1. The standard InChI is InChI=1S/C22H19BrCl2N6O5/c1-30-19-18(20(34)28-22(30)35)31(9-14(32)10-36-17-5-3-13(24)7-15(17)25)21(27-19)29-26-8-11-6-12(23)2-4-16(11)33/h2-8,14,32-33H,9-10H2,1H3,(H,27,29)(H,28,34,35)/b26-8+/t14-/m1/s1. The zero-order chi connectivity index (χ0) is 26.0. The number of nitrogens with one attached hydrogen (secondary N) is 2. The van der Waals surface area contributed by atoms with Gasteiger partial charge in [0.1, 0.15) is 24.2 Å². The number of rotatable bonds is 8. The molecule has 0 aliphatic carbocycles. The van der Waals surface area contributed by atoms with Crippen LogP contribution in [0.2, 0.25) is 10.0 Å². The Morgan fingerprint density at radius 2 is 2.06 bits per heavy atom. The first-order chi connectivity index (χ1) is 17.1. The lowest BCUT2D eigenvalue weighted by Crippen LogP contribution is -2.30. The maximum Gasteiger partial charge on any atom is 0.329 e. The van der Waals surface area contributed by atoms with Crippen LogP contribution in [0.5, 0.6) is 11.5 Å². The summed E-state index contributed by atoms with van der Waals surface area (Å²) in [5.74, 6) is 0.406. The van der Waals surface area contributed by atoms with E-state index in [1.165, 1.54) is 34.5 Å². The molecule has 1 atom stereocenters. The van der Waals surface area contributed by atoms with E-state index in [0.717, 1.165) is 4.47 Å². The Hall–Kier alpha value is -3.32. The fourth-order valence-corrected chi connectivity index (χ4v) is 4.17. The van der Waals surface area contributed by atoms with Gasteiger partial charge in [-0.2, -0.15) is 10.1 Å². The van der Waals surface area contributed by atoms with E-state index in [2.05, 4.69) is 36.4 Å². The lowest BCUT2D eigenvalue weighted by Gasteiger charge is -2.15. The van der Waals surface area contributed by atoms with Crippen molar-refractivity contribution >= 4 is 62.5 Å². The number of fused-ring (bicyclic) bond motifs is 1. The quantitative estimate of drug-likeness (QED) is 0.180. The zero-order valence-corrected chi connectivity index (χ0v) is 21.7. The van der Waals surface area contributed by atoms with Crippen molar-refractivity contribution in [1.29, 1.82) is 0 Å². The van der Waals surface area contributed by atoms with Gasteiger partial charge in [0.2, 0.25) is 5.95 Å². The van der Waals surface area contributed by atoms with Crippen molar-refractivity contribution in [2.24, 2.45) is 12.1 Å². The van der Waals surface area contributed by atoms with Crippen LogP contribution >= 0.6 is 39.1 Å². The molecule has 0 bridgehead atoms. The Morgan fingerprint density at radius 1 is 1.28 bits per heavy atom. The van der Waals surface area contributed by atoms with Gasteiger partial charge in [-0.1, -0.05) is 39.1 Å².